The van der Waals surface area contributed by atoms with E-state index in [2.05, 4.69) is 25.7 Å². The lowest BCUT2D eigenvalue weighted by Crippen LogP contribution is -2.25. The zero-order valence-corrected chi connectivity index (χ0v) is 17.2. The molecule has 1 amide bonds. The van der Waals surface area contributed by atoms with Gasteiger partial charge < -0.3 is 8.98 Å². The molecular formula is C18H18N6O2S2. The fourth-order valence-corrected chi connectivity index (χ4v) is 4.22. The first kappa shape index (κ1) is 18.6. The first-order chi connectivity index (χ1) is 13.5. The topological polar surface area (TPSA) is 98.7 Å². The molecule has 1 atom stereocenters. The normalized spacial score (nSPS) is 12.4. The summed E-state index contributed by atoms with van der Waals surface area (Å²) in [6.45, 7) is 3.80. The molecule has 8 nitrogen and oxygen atoms in total. The van der Waals surface area contributed by atoms with Gasteiger partial charge in [-0.2, -0.15) is 0 Å². The van der Waals surface area contributed by atoms with Crippen LogP contribution >= 0.6 is 23.1 Å². The third-order valence-corrected chi connectivity index (χ3v) is 6.30. The number of amides is 1. The Kier molecular flexibility index (Phi) is 5.14. The second-order valence-electron chi connectivity index (χ2n) is 6.14. The van der Waals surface area contributed by atoms with Crippen LogP contribution in [-0.2, 0) is 11.8 Å². The summed E-state index contributed by atoms with van der Waals surface area (Å²) in [5.74, 6) is 1.13. The maximum absolute atomic E-state index is 12.6. The lowest BCUT2D eigenvalue weighted by Gasteiger charge is -2.12. The summed E-state index contributed by atoms with van der Waals surface area (Å²) >= 11 is 2.71. The molecule has 0 aliphatic heterocycles. The van der Waals surface area contributed by atoms with Crippen molar-refractivity contribution >= 4 is 45.1 Å². The number of nitrogens with one attached hydrogen (secondary N) is 1. The highest BCUT2D eigenvalue weighted by molar-refractivity contribution is 8.00. The highest BCUT2D eigenvalue weighted by atomic mass is 32.2. The van der Waals surface area contributed by atoms with Gasteiger partial charge in [-0.25, -0.2) is 0 Å². The second kappa shape index (κ2) is 7.72. The quantitative estimate of drug-likeness (QED) is 0.478. The Balaban J connectivity index is 1.53. The number of furan rings is 1. The van der Waals surface area contributed by atoms with Gasteiger partial charge in [0.05, 0.1) is 5.25 Å². The Morgan fingerprint density at radius 1 is 1.29 bits per heavy atom. The molecule has 0 saturated carbocycles. The van der Waals surface area contributed by atoms with Crippen LogP contribution in [0.1, 0.15) is 18.4 Å². The van der Waals surface area contributed by atoms with Crippen molar-refractivity contribution in [2.45, 2.75) is 30.7 Å². The number of carbonyl (C=O) groups excluding carboxylic acids is 1. The molecule has 4 rings (SSSR count). The molecule has 3 aromatic heterocycles. The van der Waals surface area contributed by atoms with E-state index in [1.165, 1.54) is 23.1 Å². The predicted molar refractivity (Wildman–Crippen MR) is 109 cm³/mol. The van der Waals surface area contributed by atoms with Gasteiger partial charge in [-0.1, -0.05) is 48.2 Å². The minimum atomic E-state index is -0.323. The van der Waals surface area contributed by atoms with Crippen molar-refractivity contribution in [3.8, 4) is 11.6 Å². The molecule has 1 N–H and O–H groups in total. The molecule has 144 valence electrons. The molecule has 3 heterocycles. The van der Waals surface area contributed by atoms with Gasteiger partial charge in [0.1, 0.15) is 10.6 Å². The number of nitrogens with zero attached hydrogens (tertiary/aromatic N) is 5. The largest absolute Gasteiger partial charge is 0.453 e. The van der Waals surface area contributed by atoms with E-state index in [0.717, 1.165) is 16.0 Å². The smallest absolute Gasteiger partial charge is 0.239 e. The number of fused-ring (bicyclic) bond motifs is 1. The van der Waals surface area contributed by atoms with E-state index in [1.54, 1.807) is 0 Å². The Bertz CT molecular complexity index is 1100. The molecule has 0 aliphatic rings. The van der Waals surface area contributed by atoms with Crippen LogP contribution in [0, 0.1) is 6.92 Å². The van der Waals surface area contributed by atoms with Crippen LogP contribution in [0.25, 0.3) is 22.6 Å². The van der Waals surface area contributed by atoms with E-state index in [0.29, 0.717) is 28.3 Å². The summed E-state index contributed by atoms with van der Waals surface area (Å²) < 4.78 is 7.72. The Labute approximate surface area is 169 Å². The minimum Gasteiger partial charge on any atom is -0.453 e. The van der Waals surface area contributed by atoms with Gasteiger partial charge >= 0.3 is 0 Å². The van der Waals surface area contributed by atoms with Gasteiger partial charge in [-0.3, -0.25) is 10.1 Å². The molecule has 0 aliphatic carbocycles. The summed E-state index contributed by atoms with van der Waals surface area (Å²) in [5.41, 5.74) is 0.799. The standard InChI is InChI=1S/C18H18N6O2S2/c1-4-14(16(25)19-17-22-20-10(2)27-17)28-18-23-21-15(24(18)3)13-9-11-7-5-6-8-12(11)26-13/h5-9,14H,4H2,1-3H3,(H,19,22,25)/t14-/m1/s1. The third kappa shape index (κ3) is 3.65. The SMILES string of the molecule is CC[C@@H](Sc1nnc(-c2cc3ccccc3o2)n1C)C(=O)Nc1nnc(C)s1. The molecule has 0 saturated heterocycles. The van der Waals surface area contributed by atoms with Gasteiger partial charge in [0.15, 0.2) is 16.7 Å². The van der Waals surface area contributed by atoms with Gasteiger partial charge in [-0.05, 0) is 25.5 Å². The van der Waals surface area contributed by atoms with Gasteiger partial charge in [0.2, 0.25) is 11.0 Å². The van der Waals surface area contributed by atoms with Crippen LogP contribution in [0.5, 0.6) is 0 Å². The molecule has 0 spiro atoms. The van der Waals surface area contributed by atoms with E-state index < -0.39 is 0 Å². The van der Waals surface area contributed by atoms with Crippen molar-refractivity contribution in [2.75, 3.05) is 5.32 Å². The van der Waals surface area contributed by atoms with Crippen molar-refractivity contribution in [2.24, 2.45) is 7.05 Å². The zero-order chi connectivity index (χ0) is 19.7. The number of hydrogen-bond acceptors (Lipinski definition) is 8. The Morgan fingerprint density at radius 3 is 2.82 bits per heavy atom. The molecule has 10 heteroatoms. The van der Waals surface area contributed by atoms with Crippen molar-refractivity contribution in [1.29, 1.82) is 0 Å². The lowest BCUT2D eigenvalue weighted by molar-refractivity contribution is -0.115. The Hall–Kier alpha value is -2.72. The molecule has 28 heavy (non-hydrogen) atoms. The minimum absolute atomic E-state index is 0.128. The molecule has 0 radical (unpaired) electrons. The predicted octanol–water partition coefficient (Wildman–Crippen LogP) is 3.90. The maximum Gasteiger partial charge on any atom is 0.239 e. The fraction of sp³-hybridized carbons (Fsp3) is 0.278. The molecule has 0 unspecified atom stereocenters. The number of aromatic nitrogens is 5. The first-order valence-corrected chi connectivity index (χ1v) is 10.4. The summed E-state index contributed by atoms with van der Waals surface area (Å²) in [6, 6.07) is 9.73. The summed E-state index contributed by atoms with van der Waals surface area (Å²) in [4.78, 5) is 12.6. The number of benzene rings is 1. The Morgan fingerprint density at radius 2 is 2.11 bits per heavy atom. The maximum atomic E-state index is 12.6. The summed E-state index contributed by atoms with van der Waals surface area (Å²) in [7, 11) is 1.86. The van der Waals surface area contributed by atoms with Gasteiger partial charge in [-0.15, -0.1) is 20.4 Å². The average molecular weight is 415 g/mol. The number of aryl methyl sites for hydroxylation is 1. The van der Waals surface area contributed by atoms with Crippen LogP contribution in [0.15, 0.2) is 39.9 Å². The van der Waals surface area contributed by atoms with Crippen LogP contribution in [0.2, 0.25) is 0 Å². The van der Waals surface area contributed by atoms with E-state index >= 15 is 0 Å². The number of hydrogen-bond donors (Lipinski definition) is 1. The van der Waals surface area contributed by atoms with Crippen molar-refractivity contribution in [3.05, 3.63) is 35.3 Å². The lowest BCUT2D eigenvalue weighted by atomic mass is 10.2. The number of carbonyl (C=O) groups is 1. The number of anilines is 1. The van der Waals surface area contributed by atoms with Gasteiger partial charge in [0, 0.05) is 12.4 Å². The average Bonchev–Trinajstić information content (AvgIpc) is 3.38. The number of rotatable bonds is 6. The summed E-state index contributed by atoms with van der Waals surface area (Å²) in [5, 5.41) is 21.8. The number of thioether (sulfide) groups is 1. The molecule has 0 fully saturated rings. The van der Waals surface area contributed by atoms with Crippen molar-refractivity contribution in [1.82, 2.24) is 25.0 Å². The summed E-state index contributed by atoms with van der Waals surface area (Å²) in [6.07, 6.45) is 0.640. The fourth-order valence-electron chi connectivity index (χ4n) is 2.71. The second-order valence-corrected chi connectivity index (χ2v) is 8.50. The van der Waals surface area contributed by atoms with E-state index in [9.17, 15) is 4.79 Å². The third-order valence-electron chi connectivity index (χ3n) is 4.15. The van der Waals surface area contributed by atoms with E-state index in [4.69, 9.17) is 4.42 Å². The van der Waals surface area contributed by atoms with Crippen molar-refractivity contribution in [3.63, 3.8) is 0 Å². The van der Waals surface area contributed by atoms with Gasteiger partial charge in [0.25, 0.3) is 0 Å². The van der Waals surface area contributed by atoms with Crippen molar-refractivity contribution < 1.29 is 9.21 Å². The van der Waals surface area contributed by atoms with Crippen LogP contribution in [0.4, 0.5) is 5.13 Å². The van der Waals surface area contributed by atoms with E-state index in [1.807, 2.05) is 55.8 Å². The van der Waals surface area contributed by atoms with Crippen LogP contribution in [0.3, 0.4) is 0 Å². The highest BCUT2D eigenvalue weighted by Crippen LogP contribution is 2.31. The highest BCUT2D eigenvalue weighted by Gasteiger charge is 2.23. The molecule has 1 aromatic carbocycles. The molecule has 4 aromatic rings. The monoisotopic (exact) mass is 414 g/mol. The molecule has 0 bridgehead atoms. The number of para-hydroxylation sites is 1. The first-order valence-electron chi connectivity index (χ1n) is 8.71. The van der Waals surface area contributed by atoms with Crippen LogP contribution < -0.4 is 5.32 Å². The van der Waals surface area contributed by atoms with Crippen LogP contribution in [-0.4, -0.2) is 36.1 Å². The molecular weight excluding hydrogens is 396 g/mol. The van der Waals surface area contributed by atoms with E-state index in [-0.39, 0.29) is 11.2 Å². The zero-order valence-electron chi connectivity index (χ0n) is 15.5.